The number of aromatic amines is 1. The number of hydrogen-bond acceptors (Lipinski definition) is 5. The van der Waals surface area contributed by atoms with Gasteiger partial charge in [-0.15, -0.1) is 11.3 Å². The quantitative estimate of drug-likeness (QED) is 0.501. The molecule has 1 aliphatic heterocycles. The zero-order chi connectivity index (χ0) is 21.8. The summed E-state index contributed by atoms with van der Waals surface area (Å²) in [6.07, 6.45) is 2.95. The monoisotopic (exact) mass is 447 g/mol. The summed E-state index contributed by atoms with van der Waals surface area (Å²) in [5.41, 5.74) is 2.80. The molecule has 2 N–H and O–H groups in total. The molecule has 6 rings (SSSR count). The van der Waals surface area contributed by atoms with Gasteiger partial charge in [-0.25, -0.2) is 4.79 Å². The predicted octanol–water partition coefficient (Wildman–Crippen LogP) is 3.62. The van der Waals surface area contributed by atoms with Crippen molar-refractivity contribution in [2.45, 2.75) is 37.8 Å². The first-order valence-electron chi connectivity index (χ1n) is 11.2. The summed E-state index contributed by atoms with van der Waals surface area (Å²) in [5, 5.41) is 4.61. The lowest BCUT2D eigenvalue weighted by molar-refractivity contribution is 0.358. The number of nitrogens with one attached hydrogen (secondary N) is 2. The first-order chi connectivity index (χ1) is 15.7. The molecule has 0 bridgehead atoms. The van der Waals surface area contributed by atoms with Crippen LogP contribution < -0.4 is 21.3 Å². The van der Waals surface area contributed by atoms with Crippen molar-refractivity contribution in [1.29, 1.82) is 0 Å². The maximum absolute atomic E-state index is 13.2. The third kappa shape index (κ3) is 2.95. The minimum atomic E-state index is -0.331. The van der Waals surface area contributed by atoms with Crippen molar-refractivity contribution in [3.8, 4) is 5.75 Å². The zero-order valence-electron chi connectivity index (χ0n) is 17.9. The van der Waals surface area contributed by atoms with Gasteiger partial charge in [-0.05, 0) is 49.4 Å². The summed E-state index contributed by atoms with van der Waals surface area (Å²) in [7, 11) is 1.73. The Balaban J connectivity index is 1.34. The van der Waals surface area contributed by atoms with Gasteiger partial charge in [0.05, 0.1) is 12.6 Å². The normalized spacial score (nSPS) is 22.2. The fraction of sp³-hybridized carbons (Fsp3) is 0.360. The molecule has 4 aromatic rings. The van der Waals surface area contributed by atoms with Crippen molar-refractivity contribution in [1.82, 2.24) is 14.9 Å². The molecule has 1 unspecified atom stereocenters. The Morgan fingerprint density at radius 1 is 1.16 bits per heavy atom. The van der Waals surface area contributed by atoms with Crippen molar-refractivity contribution in [3.63, 3.8) is 0 Å². The fourth-order valence-electron chi connectivity index (χ4n) is 5.77. The molecule has 0 amide bonds. The number of H-pyrrole nitrogens is 1. The highest BCUT2D eigenvalue weighted by Crippen LogP contribution is 2.46. The Morgan fingerprint density at radius 3 is 2.91 bits per heavy atom. The number of benzene rings is 2. The molecule has 0 radical (unpaired) electrons. The minimum absolute atomic E-state index is 0.193. The lowest BCUT2D eigenvalue weighted by Crippen LogP contribution is -2.37. The zero-order valence-corrected chi connectivity index (χ0v) is 18.7. The average molecular weight is 448 g/mol. The molecule has 0 saturated carbocycles. The van der Waals surface area contributed by atoms with Gasteiger partial charge in [0, 0.05) is 34.2 Å². The molecular formula is C25H25N3O3S. The number of ether oxygens (including phenoxy) is 1. The lowest BCUT2D eigenvalue weighted by atomic mass is 9.73. The maximum Gasteiger partial charge on any atom is 0.328 e. The second-order valence-corrected chi connectivity index (χ2v) is 9.90. The van der Waals surface area contributed by atoms with Crippen LogP contribution in [0.5, 0.6) is 5.75 Å². The van der Waals surface area contributed by atoms with Crippen LogP contribution in [0.1, 0.15) is 29.9 Å². The number of hydrogen-bond donors (Lipinski definition) is 2. The number of rotatable bonds is 4. The number of aryl methyl sites for hydroxylation is 1. The summed E-state index contributed by atoms with van der Waals surface area (Å²) in [4.78, 5) is 29.0. The van der Waals surface area contributed by atoms with Crippen LogP contribution in [0, 0.1) is 5.92 Å². The third-order valence-corrected chi connectivity index (χ3v) is 8.41. The number of thiophene rings is 1. The molecule has 1 saturated heterocycles. The van der Waals surface area contributed by atoms with Gasteiger partial charge in [-0.2, -0.15) is 0 Å². The van der Waals surface area contributed by atoms with E-state index >= 15 is 0 Å². The fourth-order valence-corrected chi connectivity index (χ4v) is 6.88. The first-order valence-corrected chi connectivity index (χ1v) is 12.0. The van der Waals surface area contributed by atoms with Crippen LogP contribution in [0.15, 0.2) is 52.1 Å². The molecule has 7 heteroatoms. The van der Waals surface area contributed by atoms with Crippen LogP contribution in [0.25, 0.3) is 20.3 Å². The van der Waals surface area contributed by atoms with Crippen LogP contribution in [0.2, 0.25) is 0 Å². The molecule has 6 nitrogen and oxygen atoms in total. The molecule has 1 aliphatic carbocycles. The Hall–Kier alpha value is -2.90. The average Bonchev–Trinajstić information content (AvgIpc) is 3.40. The summed E-state index contributed by atoms with van der Waals surface area (Å²) < 4.78 is 8.72. The van der Waals surface area contributed by atoms with E-state index in [1.54, 1.807) is 7.11 Å². The summed E-state index contributed by atoms with van der Waals surface area (Å²) in [6.45, 7) is 1.36. The largest absolute Gasteiger partial charge is 0.496 e. The Labute approximate surface area is 188 Å². The summed E-state index contributed by atoms with van der Waals surface area (Å²) >= 11 is 1.45. The van der Waals surface area contributed by atoms with Crippen LogP contribution in [-0.4, -0.2) is 29.2 Å². The van der Waals surface area contributed by atoms with Gasteiger partial charge in [0.1, 0.15) is 10.4 Å². The SMILES string of the molecule is COc1cccc2c1[C@@H]1C(CCn3c(=O)[nH]c4c(sc5ccccc54)c3=O)NC[C@@H]1CC2. The standard InChI is InChI=1S/C25H25N3O3S/c1-31-18-7-4-5-14-9-10-15-13-26-17(20(15)21(14)18)11-12-28-24(29)23-22(27-25(28)30)16-6-2-3-8-19(16)32-23/h2-8,15,17,20,26H,9-13H2,1H3,(H,27,30)/t15-,17?,20-/m0/s1. The van der Waals surface area contributed by atoms with E-state index in [4.69, 9.17) is 4.74 Å². The van der Waals surface area contributed by atoms with E-state index in [1.165, 1.54) is 27.0 Å². The van der Waals surface area contributed by atoms with Crippen LogP contribution >= 0.6 is 11.3 Å². The topological polar surface area (TPSA) is 76.1 Å². The van der Waals surface area contributed by atoms with E-state index in [-0.39, 0.29) is 17.3 Å². The van der Waals surface area contributed by atoms with E-state index < -0.39 is 0 Å². The Kier molecular flexibility index (Phi) is 4.69. The second kappa shape index (κ2) is 7.60. The van der Waals surface area contributed by atoms with Gasteiger partial charge >= 0.3 is 5.69 Å². The van der Waals surface area contributed by atoms with E-state index in [0.717, 1.165) is 41.6 Å². The summed E-state index contributed by atoms with van der Waals surface area (Å²) in [6, 6.07) is 14.3. The molecule has 3 atom stereocenters. The van der Waals surface area contributed by atoms with Crippen molar-refractivity contribution in [2.24, 2.45) is 5.92 Å². The number of fused-ring (bicyclic) bond motifs is 6. The van der Waals surface area contributed by atoms with Gasteiger partial charge in [0.2, 0.25) is 0 Å². The molecule has 3 heterocycles. The Bertz CT molecular complexity index is 1440. The predicted molar refractivity (Wildman–Crippen MR) is 128 cm³/mol. The van der Waals surface area contributed by atoms with Gasteiger partial charge in [0.25, 0.3) is 5.56 Å². The van der Waals surface area contributed by atoms with E-state index in [1.807, 2.05) is 30.3 Å². The van der Waals surface area contributed by atoms with E-state index in [0.29, 0.717) is 28.6 Å². The van der Waals surface area contributed by atoms with Crippen molar-refractivity contribution < 1.29 is 4.74 Å². The second-order valence-electron chi connectivity index (χ2n) is 8.85. The smallest absolute Gasteiger partial charge is 0.328 e. The van der Waals surface area contributed by atoms with Crippen molar-refractivity contribution in [2.75, 3.05) is 13.7 Å². The van der Waals surface area contributed by atoms with Crippen LogP contribution in [-0.2, 0) is 13.0 Å². The molecular weight excluding hydrogens is 422 g/mol. The highest BCUT2D eigenvalue weighted by molar-refractivity contribution is 7.25. The summed E-state index contributed by atoms with van der Waals surface area (Å²) in [5.74, 6) is 1.86. The van der Waals surface area contributed by atoms with Gasteiger partial charge < -0.3 is 15.0 Å². The third-order valence-electron chi connectivity index (χ3n) is 7.25. The van der Waals surface area contributed by atoms with E-state index in [9.17, 15) is 9.59 Å². The highest BCUT2D eigenvalue weighted by atomic mass is 32.1. The van der Waals surface area contributed by atoms with Gasteiger partial charge in [0.15, 0.2) is 0 Å². The molecule has 2 aliphatic rings. The molecule has 2 aromatic carbocycles. The minimum Gasteiger partial charge on any atom is -0.496 e. The number of nitrogens with zero attached hydrogens (tertiary/aromatic N) is 1. The van der Waals surface area contributed by atoms with Crippen LogP contribution in [0.4, 0.5) is 0 Å². The number of methoxy groups -OCH3 is 1. The van der Waals surface area contributed by atoms with E-state index in [2.05, 4.69) is 22.4 Å². The van der Waals surface area contributed by atoms with Crippen molar-refractivity contribution >= 4 is 31.6 Å². The molecule has 0 spiro atoms. The molecule has 1 fully saturated rings. The lowest BCUT2D eigenvalue weighted by Gasteiger charge is -2.32. The van der Waals surface area contributed by atoms with Crippen molar-refractivity contribution in [3.05, 3.63) is 74.4 Å². The molecule has 32 heavy (non-hydrogen) atoms. The highest BCUT2D eigenvalue weighted by Gasteiger charge is 2.41. The molecule has 2 aromatic heterocycles. The first kappa shape index (κ1) is 19.8. The maximum atomic E-state index is 13.2. The Morgan fingerprint density at radius 2 is 2.03 bits per heavy atom. The number of aromatic nitrogens is 2. The molecule has 164 valence electrons. The van der Waals surface area contributed by atoms with Gasteiger partial charge in [-0.1, -0.05) is 30.3 Å². The van der Waals surface area contributed by atoms with Crippen LogP contribution in [0.3, 0.4) is 0 Å². The van der Waals surface area contributed by atoms with Gasteiger partial charge in [-0.3, -0.25) is 9.36 Å².